The van der Waals surface area contributed by atoms with Crippen LogP contribution in [0, 0.1) is 17.6 Å². The Morgan fingerprint density at radius 1 is 0.630 bits per heavy atom. The number of allylic oxidation sites excluding steroid dienone is 4. The van der Waals surface area contributed by atoms with Crippen LogP contribution in [0.1, 0.15) is 102 Å². The summed E-state index contributed by atoms with van der Waals surface area (Å²) in [6.07, 6.45) is 9.53. The van der Waals surface area contributed by atoms with Crippen molar-refractivity contribution in [3.8, 4) is 11.1 Å². The Hall–Kier alpha value is -2.31. The molecule has 0 saturated carbocycles. The van der Waals surface area contributed by atoms with Crippen LogP contribution in [0.2, 0.25) is 0 Å². The Morgan fingerprint density at radius 3 is 1.61 bits per heavy atom. The van der Waals surface area contributed by atoms with E-state index in [0.29, 0.717) is 5.41 Å². The van der Waals surface area contributed by atoms with Gasteiger partial charge in [-0.05, 0) is 28.4 Å². The zero-order valence-electron chi connectivity index (χ0n) is 29.0. The second kappa shape index (κ2) is 16.7. The van der Waals surface area contributed by atoms with Crippen molar-refractivity contribution >= 4 is 28.0 Å². The molecule has 6 rings (SSSR count). The van der Waals surface area contributed by atoms with Gasteiger partial charge in [-0.1, -0.05) is 91.5 Å². The SMILES string of the molecule is CC(C)(C)C1=CC[C-]=C1.CC(C)(C)c1[c-]c2c(cc1)-c1ccc(C(C)(C)C)cc1C2.Cl.Cl.[Zr+2]=[C](c1ccccc1)c1ccccc1. The Morgan fingerprint density at radius 2 is 1.17 bits per heavy atom. The first kappa shape index (κ1) is 39.9. The Labute approximate surface area is 307 Å². The number of halogens is 2. The van der Waals surface area contributed by atoms with Gasteiger partial charge in [-0.2, -0.15) is 35.4 Å². The predicted molar refractivity (Wildman–Crippen MR) is 201 cm³/mol. The molecule has 0 amide bonds. The van der Waals surface area contributed by atoms with Gasteiger partial charge in [0.25, 0.3) is 0 Å². The van der Waals surface area contributed by atoms with E-state index in [9.17, 15) is 0 Å². The number of fused-ring (bicyclic) bond motifs is 3. The van der Waals surface area contributed by atoms with Crippen molar-refractivity contribution in [2.24, 2.45) is 5.41 Å². The topological polar surface area (TPSA) is 0 Å². The molecule has 0 bridgehead atoms. The van der Waals surface area contributed by atoms with Crippen LogP contribution in [0.4, 0.5) is 0 Å². The Kier molecular flexibility index (Phi) is 14.5. The minimum atomic E-state index is 0. The van der Waals surface area contributed by atoms with E-state index in [-0.39, 0.29) is 35.6 Å². The first-order chi connectivity index (χ1) is 20.6. The van der Waals surface area contributed by atoms with Crippen molar-refractivity contribution in [3.63, 3.8) is 0 Å². The first-order valence-electron chi connectivity index (χ1n) is 15.8. The van der Waals surface area contributed by atoms with Gasteiger partial charge in [-0.15, -0.1) is 42.4 Å². The third-order valence-corrected chi connectivity index (χ3v) is 9.57. The van der Waals surface area contributed by atoms with Gasteiger partial charge in [0, 0.05) is 0 Å². The van der Waals surface area contributed by atoms with E-state index in [1.807, 2.05) is 0 Å². The van der Waals surface area contributed by atoms with Gasteiger partial charge in [-0.3, -0.25) is 6.08 Å². The van der Waals surface area contributed by atoms with Gasteiger partial charge < -0.3 is 0 Å². The third kappa shape index (κ3) is 10.6. The molecule has 46 heavy (non-hydrogen) atoms. The third-order valence-electron chi connectivity index (χ3n) is 8.15. The number of rotatable bonds is 2. The molecular weight excluding hydrogens is 679 g/mol. The Balaban J connectivity index is 0.000000256. The molecule has 0 atom stereocenters. The number of hydrogen-bond donors (Lipinski definition) is 0. The molecule has 4 aromatic rings. The van der Waals surface area contributed by atoms with Gasteiger partial charge in [0.2, 0.25) is 0 Å². The molecule has 0 radical (unpaired) electrons. The summed E-state index contributed by atoms with van der Waals surface area (Å²) < 4.78 is 1.42. The van der Waals surface area contributed by atoms with Crippen molar-refractivity contribution in [3.05, 3.63) is 154 Å². The molecule has 0 nitrogen and oxygen atoms in total. The van der Waals surface area contributed by atoms with Gasteiger partial charge in [0.15, 0.2) is 0 Å². The van der Waals surface area contributed by atoms with Crippen LogP contribution in [0.5, 0.6) is 0 Å². The average molecular weight is 729 g/mol. The van der Waals surface area contributed by atoms with E-state index in [1.165, 1.54) is 77.5 Å². The number of hydrogen-bond acceptors (Lipinski definition) is 0. The summed E-state index contributed by atoms with van der Waals surface area (Å²) in [5, 5.41) is 0. The normalized spacial score (nSPS) is 13.0. The predicted octanol–water partition coefficient (Wildman–Crippen LogP) is 12.0. The molecule has 0 fully saturated rings. The van der Waals surface area contributed by atoms with Crippen LogP contribution in [0.25, 0.3) is 11.1 Å². The van der Waals surface area contributed by atoms with Gasteiger partial charge in [0.1, 0.15) is 0 Å². The maximum absolute atomic E-state index is 3.67. The van der Waals surface area contributed by atoms with Crippen LogP contribution in [0.15, 0.2) is 109 Å². The molecule has 4 aromatic carbocycles. The zero-order chi connectivity index (χ0) is 32.1. The molecule has 0 aromatic heterocycles. The van der Waals surface area contributed by atoms with Crippen molar-refractivity contribution in [1.82, 2.24) is 0 Å². The van der Waals surface area contributed by atoms with Crippen molar-refractivity contribution in [1.29, 1.82) is 0 Å². The van der Waals surface area contributed by atoms with E-state index < -0.39 is 0 Å². The van der Waals surface area contributed by atoms with E-state index >= 15 is 0 Å². The fourth-order valence-corrected chi connectivity index (χ4v) is 6.14. The fourth-order valence-electron chi connectivity index (χ4n) is 5.32. The fraction of sp³-hybridized carbons (Fsp3) is 0.326. The summed E-state index contributed by atoms with van der Waals surface area (Å²) in [6, 6.07) is 36.3. The molecular formula is C43H50Cl2Zr. The van der Waals surface area contributed by atoms with Gasteiger partial charge in [-0.25, -0.2) is 6.08 Å². The van der Waals surface area contributed by atoms with E-state index in [4.69, 9.17) is 0 Å². The number of benzene rings is 4. The van der Waals surface area contributed by atoms with Gasteiger partial charge >= 0.3 is 99.2 Å². The molecule has 0 heterocycles. The molecule has 0 N–H and O–H groups in total. The van der Waals surface area contributed by atoms with Crippen molar-refractivity contribution < 1.29 is 24.2 Å². The molecule has 3 heteroatoms. The molecule has 0 aliphatic heterocycles. The van der Waals surface area contributed by atoms with Crippen LogP contribution in [-0.2, 0) is 41.5 Å². The summed E-state index contributed by atoms with van der Waals surface area (Å²) >= 11 is 1.46. The zero-order valence-corrected chi connectivity index (χ0v) is 33.1. The second-order valence-corrected chi connectivity index (χ2v) is 16.1. The Bertz CT molecular complexity index is 1540. The second-order valence-electron chi connectivity index (χ2n) is 14.9. The standard InChI is InChI=1S/C21H25.C13H10.C9H13.2ClH.Zr/c1-20(2,3)16-7-9-18-14(12-16)11-15-13-17(21(4,5)6)8-10-19(15)18;1-3-7-12(8-4-1)11-13-9-5-2-6-10-13;1-9(2,3)8-6-4-5-7-8;;;/h7-10,12H,11H2,1-6H3;1-10H;6-7H,4H2,1-3H3;2*1H;/q-1;;-1;;;+2. The maximum atomic E-state index is 3.67. The van der Waals surface area contributed by atoms with E-state index in [0.717, 1.165) is 12.8 Å². The van der Waals surface area contributed by atoms with E-state index in [1.54, 1.807) is 0 Å². The summed E-state index contributed by atoms with van der Waals surface area (Å²) in [4.78, 5) is 0. The van der Waals surface area contributed by atoms with Crippen LogP contribution in [0.3, 0.4) is 0 Å². The molecule has 0 spiro atoms. The molecule has 0 saturated heterocycles. The summed E-state index contributed by atoms with van der Waals surface area (Å²) in [5.74, 6) is 0. The molecule has 240 valence electrons. The first-order valence-corrected chi connectivity index (χ1v) is 17.0. The quantitative estimate of drug-likeness (QED) is 0.159. The van der Waals surface area contributed by atoms with Crippen LogP contribution in [-0.4, -0.2) is 3.21 Å². The molecule has 0 unspecified atom stereocenters. The molecule has 2 aliphatic carbocycles. The molecule has 2 aliphatic rings. The minimum absolute atomic E-state index is 0. The van der Waals surface area contributed by atoms with Gasteiger partial charge in [0.05, 0.1) is 0 Å². The van der Waals surface area contributed by atoms with Crippen LogP contribution < -0.4 is 0 Å². The summed E-state index contributed by atoms with van der Waals surface area (Å²) in [5.41, 5.74) is 13.1. The van der Waals surface area contributed by atoms with E-state index in [2.05, 4.69) is 178 Å². The summed E-state index contributed by atoms with van der Waals surface area (Å²) in [7, 11) is 0. The van der Waals surface area contributed by atoms with Crippen molar-refractivity contribution in [2.75, 3.05) is 0 Å². The monoisotopic (exact) mass is 726 g/mol. The summed E-state index contributed by atoms with van der Waals surface area (Å²) in [6.45, 7) is 20.3. The average Bonchev–Trinajstić information content (AvgIpc) is 3.66. The van der Waals surface area contributed by atoms with Crippen LogP contribution >= 0.6 is 24.8 Å². The van der Waals surface area contributed by atoms with Crippen molar-refractivity contribution in [2.45, 2.75) is 86.0 Å².